The van der Waals surface area contributed by atoms with Crippen LogP contribution < -0.4 is 9.47 Å². The lowest BCUT2D eigenvalue weighted by atomic mass is 10.2. The summed E-state index contributed by atoms with van der Waals surface area (Å²) in [5.74, 6) is 0.838. The van der Waals surface area contributed by atoms with Crippen LogP contribution in [0.4, 0.5) is 0 Å². The molecule has 1 rings (SSSR count). The molecule has 4 heteroatoms. The number of hydrogen-bond acceptors (Lipinski definition) is 4. The minimum Gasteiger partial charge on any atom is -0.491 e. The van der Waals surface area contributed by atoms with E-state index in [1.54, 1.807) is 18.2 Å². The summed E-state index contributed by atoms with van der Waals surface area (Å²) < 4.78 is 16.5. The number of esters is 1. The van der Waals surface area contributed by atoms with E-state index in [1.807, 2.05) is 41.5 Å². The van der Waals surface area contributed by atoms with Crippen LogP contribution in [0.3, 0.4) is 0 Å². The minimum atomic E-state index is -0.372. The van der Waals surface area contributed by atoms with Crippen LogP contribution in [0.15, 0.2) is 18.2 Å². The predicted octanol–water partition coefficient (Wildman–Crippen LogP) is 3.83. The number of rotatable bonds is 6. The fourth-order valence-electron chi connectivity index (χ4n) is 1.65. The second kappa shape index (κ2) is 7.17. The molecule has 0 spiro atoms. The van der Waals surface area contributed by atoms with Crippen LogP contribution in [0.5, 0.6) is 11.5 Å². The second-order valence-electron chi connectivity index (χ2n) is 5.48. The van der Waals surface area contributed by atoms with Gasteiger partial charge in [-0.15, -0.1) is 0 Å². The summed E-state index contributed by atoms with van der Waals surface area (Å²) in [7, 11) is 0. The maximum atomic E-state index is 12.0. The summed E-state index contributed by atoms with van der Waals surface area (Å²) in [6.07, 6.45) is -0.108. The van der Waals surface area contributed by atoms with Gasteiger partial charge in [0.05, 0.1) is 23.9 Å². The Hall–Kier alpha value is -1.71. The summed E-state index contributed by atoms with van der Waals surface area (Å²) in [5, 5.41) is 0. The van der Waals surface area contributed by atoms with Crippen molar-refractivity contribution in [3.63, 3.8) is 0 Å². The number of carbonyl (C=O) groups excluding carboxylic acids is 1. The van der Waals surface area contributed by atoms with Crippen molar-refractivity contribution in [2.24, 2.45) is 0 Å². The zero-order valence-electron chi connectivity index (χ0n) is 13.1. The molecule has 0 aliphatic carbocycles. The van der Waals surface area contributed by atoms with Crippen LogP contribution >= 0.6 is 0 Å². The van der Waals surface area contributed by atoms with Crippen molar-refractivity contribution in [2.45, 2.75) is 59.9 Å². The van der Waals surface area contributed by atoms with E-state index >= 15 is 0 Å². The maximum absolute atomic E-state index is 12.0. The summed E-state index contributed by atoms with van der Waals surface area (Å²) in [6, 6.07) is 5.14. The highest BCUT2D eigenvalue weighted by atomic mass is 16.5. The number of ether oxygens (including phenoxy) is 3. The second-order valence-corrected chi connectivity index (χ2v) is 5.48. The van der Waals surface area contributed by atoms with Gasteiger partial charge < -0.3 is 14.2 Å². The van der Waals surface area contributed by atoms with Gasteiger partial charge in [0.2, 0.25) is 0 Å². The molecule has 0 bridgehead atoms. The van der Waals surface area contributed by atoms with Crippen molar-refractivity contribution in [2.75, 3.05) is 0 Å². The molecule has 0 heterocycles. The highest BCUT2D eigenvalue weighted by Gasteiger charge is 2.14. The standard InChI is InChI=1S/C16H24O4/c1-10(2)18-14-7-13(16(17)20-12(5)6)8-15(9-14)19-11(3)4/h7-12H,1-6H3. The van der Waals surface area contributed by atoms with E-state index < -0.39 is 0 Å². The predicted molar refractivity (Wildman–Crippen MR) is 78.5 cm³/mol. The average molecular weight is 280 g/mol. The molecule has 0 aromatic heterocycles. The van der Waals surface area contributed by atoms with Crippen LogP contribution in [0.2, 0.25) is 0 Å². The van der Waals surface area contributed by atoms with E-state index in [-0.39, 0.29) is 24.3 Å². The third-order valence-corrected chi connectivity index (χ3v) is 2.20. The molecule has 0 aliphatic rings. The molecule has 0 saturated heterocycles. The SMILES string of the molecule is CC(C)OC(=O)c1cc(OC(C)C)cc(OC(C)C)c1. The van der Waals surface area contributed by atoms with Gasteiger partial charge in [0, 0.05) is 6.07 Å². The quantitative estimate of drug-likeness (QED) is 0.743. The van der Waals surface area contributed by atoms with Crippen LogP contribution in [0.1, 0.15) is 51.9 Å². The normalized spacial score (nSPS) is 11.1. The molecule has 0 unspecified atom stereocenters. The smallest absolute Gasteiger partial charge is 0.338 e. The van der Waals surface area contributed by atoms with Gasteiger partial charge in [0.15, 0.2) is 0 Å². The topological polar surface area (TPSA) is 44.8 Å². The number of benzene rings is 1. The van der Waals surface area contributed by atoms with Gasteiger partial charge in [-0.05, 0) is 53.7 Å². The van der Waals surface area contributed by atoms with Gasteiger partial charge in [-0.3, -0.25) is 0 Å². The summed E-state index contributed by atoms with van der Waals surface area (Å²) >= 11 is 0. The summed E-state index contributed by atoms with van der Waals surface area (Å²) in [5.41, 5.74) is 0.438. The molecule has 112 valence electrons. The first-order chi connectivity index (χ1) is 9.27. The van der Waals surface area contributed by atoms with Gasteiger partial charge in [-0.1, -0.05) is 0 Å². The Bertz CT molecular complexity index is 422. The molecular formula is C16H24O4. The molecule has 0 atom stereocenters. The first kappa shape index (κ1) is 16.3. The Labute approximate surface area is 121 Å². The van der Waals surface area contributed by atoms with Crippen molar-refractivity contribution in [3.05, 3.63) is 23.8 Å². The molecule has 1 aromatic rings. The van der Waals surface area contributed by atoms with Crippen molar-refractivity contribution >= 4 is 5.97 Å². The van der Waals surface area contributed by atoms with Gasteiger partial charge in [-0.2, -0.15) is 0 Å². The van der Waals surface area contributed by atoms with Gasteiger partial charge in [-0.25, -0.2) is 4.79 Å². The molecule has 0 fully saturated rings. The molecular weight excluding hydrogens is 256 g/mol. The highest BCUT2D eigenvalue weighted by molar-refractivity contribution is 5.90. The maximum Gasteiger partial charge on any atom is 0.338 e. The van der Waals surface area contributed by atoms with E-state index in [4.69, 9.17) is 14.2 Å². The Morgan fingerprint density at radius 1 is 0.800 bits per heavy atom. The van der Waals surface area contributed by atoms with Crippen LogP contribution in [-0.4, -0.2) is 24.3 Å². The largest absolute Gasteiger partial charge is 0.491 e. The molecule has 0 aliphatic heterocycles. The molecule has 0 amide bonds. The summed E-state index contributed by atoms with van der Waals surface area (Å²) in [6.45, 7) is 11.4. The van der Waals surface area contributed by atoms with Crippen LogP contribution in [0.25, 0.3) is 0 Å². The van der Waals surface area contributed by atoms with Gasteiger partial charge in [0.1, 0.15) is 11.5 Å². The first-order valence-electron chi connectivity index (χ1n) is 6.97. The van der Waals surface area contributed by atoms with Crippen LogP contribution in [0, 0.1) is 0 Å². The van der Waals surface area contributed by atoms with E-state index in [9.17, 15) is 4.79 Å². The zero-order chi connectivity index (χ0) is 15.3. The fourth-order valence-corrected chi connectivity index (χ4v) is 1.65. The molecule has 0 saturated carbocycles. The molecule has 4 nitrogen and oxygen atoms in total. The molecule has 0 radical (unpaired) electrons. The van der Waals surface area contributed by atoms with Crippen molar-refractivity contribution < 1.29 is 19.0 Å². The van der Waals surface area contributed by atoms with E-state index in [2.05, 4.69) is 0 Å². The third-order valence-electron chi connectivity index (χ3n) is 2.20. The van der Waals surface area contributed by atoms with E-state index in [0.29, 0.717) is 17.1 Å². The highest BCUT2D eigenvalue weighted by Crippen LogP contribution is 2.25. The Morgan fingerprint density at radius 2 is 1.25 bits per heavy atom. The minimum absolute atomic E-state index is 0.0262. The lowest BCUT2D eigenvalue weighted by molar-refractivity contribution is 0.0376. The van der Waals surface area contributed by atoms with E-state index in [0.717, 1.165) is 0 Å². The van der Waals surface area contributed by atoms with Crippen molar-refractivity contribution in [1.29, 1.82) is 0 Å². The zero-order valence-corrected chi connectivity index (χ0v) is 13.1. The Morgan fingerprint density at radius 3 is 1.60 bits per heavy atom. The molecule has 20 heavy (non-hydrogen) atoms. The summed E-state index contributed by atoms with van der Waals surface area (Å²) in [4.78, 5) is 12.0. The number of hydrogen-bond donors (Lipinski definition) is 0. The number of carbonyl (C=O) groups is 1. The van der Waals surface area contributed by atoms with Crippen LogP contribution in [-0.2, 0) is 4.74 Å². The van der Waals surface area contributed by atoms with E-state index in [1.165, 1.54) is 0 Å². The average Bonchev–Trinajstić information content (AvgIpc) is 2.25. The lowest BCUT2D eigenvalue weighted by Crippen LogP contribution is -2.13. The Kier molecular flexibility index (Phi) is 5.86. The fraction of sp³-hybridized carbons (Fsp3) is 0.562. The Balaban J connectivity index is 3.05. The lowest BCUT2D eigenvalue weighted by Gasteiger charge is -2.16. The molecule has 0 N–H and O–H groups in total. The molecule has 1 aromatic carbocycles. The first-order valence-corrected chi connectivity index (χ1v) is 6.97. The van der Waals surface area contributed by atoms with Crippen molar-refractivity contribution in [3.8, 4) is 11.5 Å². The monoisotopic (exact) mass is 280 g/mol. The van der Waals surface area contributed by atoms with Gasteiger partial charge >= 0.3 is 5.97 Å². The van der Waals surface area contributed by atoms with Crippen molar-refractivity contribution in [1.82, 2.24) is 0 Å². The third kappa shape index (κ3) is 5.51. The van der Waals surface area contributed by atoms with Gasteiger partial charge in [0.25, 0.3) is 0 Å².